The molecule has 1 amide bonds. The van der Waals surface area contributed by atoms with Crippen molar-refractivity contribution in [1.29, 1.82) is 0 Å². The quantitative estimate of drug-likeness (QED) is 0.609. The number of hydrogen-bond donors (Lipinski definition) is 1. The minimum Gasteiger partial charge on any atom is -0.364 e. The van der Waals surface area contributed by atoms with Gasteiger partial charge in [-0.25, -0.2) is 0 Å². The van der Waals surface area contributed by atoms with Gasteiger partial charge in [0.2, 0.25) is 0 Å². The molecule has 0 spiro atoms. The number of rotatable bonds is 1. The molecule has 1 aliphatic heterocycles. The number of aromatic nitrogens is 1. The van der Waals surface area contributed by atoms with E-state index in [0.29, 0.717) is 18.8 Å². The van der Waals surface area contributed by atoms with Crippen molar-refractivity contribution in [3.63, 3.8) is 0 Å². The van der Waals surface area contributed by atoms with Crippen LogP contribution in [0.3, 0.4) is 0 Å². The molecule has 0 bridgehead atoms. The highest BCUT2D eigenvalue weighted by Gasteiger charge is 2.29. The summed E-state index contributed by atoms with van der Waals surface area (Å²) in [5.74, 6) is -0.106. The third kappa shape index (κ3) is 1.08. The van der Waals surface area contributed by atoms with Crippen LogP contribution in [0.2, 0.25) is 0 Å². The van der Waals surface area contributed by atoms with Gasteiger partial charge in [-0.15, -0.1) is 0 Å². The van der Waals surface area contributed by atoms with Gasteiger partial charge in [-0.1, -0.05) is 5.16 Å². The molecule has 12 heavy (non-hydrogen) atoms. The summed E-state index contributed by atoms with van der Waals surface area (Å²) in [6, 6.07) is 1.67. The summed E-state index contributed by atoms with van der Waals surface area (Å²) < 4.78 is 4.55. The lowest BCUT2D eigenvalue weighted by Crippen LogP contribution is -2.57. The lowest BCUT2D eigenvalue weighted by atomic mass is 10.1. The molecule has 2 N–H and O–H groups in total. The molecule has 0 saturated carbocycles. The Labute approximate surface area is 69.1 Å². The van der Waals surface area contributed by atoms with Gasteiger partial charge in [0.1, 0.15) is 6.26 Å². The van der Waals surface area contributed by atoms with Gasteiger partial charge in [-0.05, 0) is 0 Å². The monoisotopic (exact) mass is 167 g/mol. The Bertz CT molecular complexity index is 277. The molecule has 1 fully saturated rings. The molecule has 0 aliphatic carbocycles. The summed E-state index contributed by atoms with van der Waals surface area (Å²) in [5, 5.41) is 3.54. The molecule has 5 heteroatoms. The lowest BCUT2D eigenvalue weighted by molar-refractivity contribution is 0.0597. The van der Waals surface area contributed by atoms with Crippen LogP contribution >= 0.6 is 0 Å². The zero-order chi connectivity index (χ0) is 8.55. The molecule has 2 rings (SSSR count). The number of hydrogen-bond acceptors (Lipinski definition) is 4. The van der Waals surface area contributed by atoms with Gasteiger partial charge in [0.05, 0.1) is 0 Å². The van der Waals surface area contributed by atoms with Crippen LogP contribution in [-0.4, -0.2) is 35.1 Å². The number of amides is 1. The molecule has 64 valence electrons. The Balaban J connectivity index is 2.03. The van der Waals surface area contributed by atoms with Gasteiger partial charge < -0.3 is 15.2 Å². The first-order valence-electron chi connectivity index (χ1n) is 3.72. The highest BCUT2D eigenvalue weighted by atomic mass is 16.5. The zero-order valence-electron chi connectivity index (χ0n) is 6.43. The Morgan fingerprint density at radius 3 is 3.00 bits per heavy atom. The fourth-order valence-corrected chi connectivity index (χ4v) is 1.16. The van der Waals surface area contributed by atoms with E-state index in [-0.39, 0.29) is 11.9 Å². The predicted molar refractivity (Wildman–Crippen MR) is 40.4 cm³/mol. The Morgan fingerprint density at radius 2 is 2.50 bits per heavy atom. The SMILES string of the molecule is NC1CN(C(=O)c2ccon2)C1. The average molecular weight is 167 g/mol. The Hall–Kier alpha value is -1.36. The van der Waals surface area contributed by atoms with Crippen LogP contribution < -0.4 is 5.73 Å². The van der Waals surface area contributed by atoms with Crippen LogP contribution in [0.15, 0.2) is 16.9 Å². The van der Waals surface area contributed by atoms with Gasteiger partial charge in [-0.2, -0.15) is 0 Å². The van der Waals surface area contributed by atoms with E-state index in [2.05, 4.69) is 9.68 Å². The molecule has 2 heterocycles. The lowest BCUT2D eigenvalue weighted by Gasteiger charge is -2.36. The van der Waals surface area contributed by atoms with E-state index < -0.39 is 0 Å². The second-order valence-corrected chi connectivity index (χ2v) is 2.85. The van der Waals surface area contributed by atoms with Crippen molar-refractivity contribution < 1.29 is 9.32 Å². The number of carbonyl (C=O) groups excluding carboxylic acids is 1. The van der Waals surface area contributed by atoms with Gasteiger partial charge in [-0.3, -0.25) is 4.79 Å². The predicted octanol–water partition coefficient (Wildman–Crippen LogP) is -0.542. The maximum atomic E-state index is 11.4. The summed E-state index contributed by atoms with van der Waals surface area (Å²) in [7, 11) is 0. The first-order valence-corrected chi connectivity index (χ1v) is 3.72. The maximum absolute atomic E-state index is 11.4. The number of carbonyl (C=O) groups is 1. The summed E-state index contributed by atoms with van der Waals surface area (Å²) in [4.78, 5) is 13.0. The van der Waals surface area contributed by atoms with E-state index in [1.807, 2.05) is 0 Å². The molecule has 0 unspecified atom stereocenters. The fourth-order valence-electron chi connectivity index (χ4n) is 1.16. The maximum Gasteiger partial charge on any atom is 0.276 e. The first-order chi connectivity index (χ1) is 5.77. The molecule has 0 atom stereocenters. The molecule has 1 aliphatic rings. The van der Waals surface area contributed by atoms with Crippen LogP contribution in [-0.2, 0) is 0 Å². The third-order valence-corrected chi connectivity index (χ3v) is 1.85. The van der Waals surface area contributed by atoms with Crippen molar-refractivity contribution in [3.05, 3.63) is 18.0 Å². The van der Waals surface area contributed by atoms with Crippen LogP contribution in [0.4, 0.5) is 0 Å². The van der Waals surface area contributed by atoms with E-state index >= 15 is 0 Å². The van der Waals surface area contributed by atoms with E-state index in [1.165, 1.54) is 6.26 Å². The molecule has 1 saturated heterocycles. The van der Waals surface area contributed by atoms with Gasteiger partial charge >= 0.3 is 0 Å². The van der Waals surface area contributed by atoms with Crippen molar-refractivity contribution in [2.45, 2.75) is 6.04 Å². The second-order valence-electron chi connectivity index (χ2n) is 2.85. The van der Waals surface area contributed by atoms with E-state index in [9.17, 15) is 4.79 Å². The van der Waals surface area contributed by atoms with Gasteiger partial charge in [0.15, 0.2) is 5.69 Å². The highest BCUT2D eigenvalue weighted by molar-refractivity contribution is 5.92. The molecule has 5 nitrogen and oxygen atoms in total. The molecular weight excluding hydrogens is 158 g/mol. The first kappa shape index (κ1) is 7.30. The molecule has 1 aromatic heterocycles. The molecule has 0 aromatic carbocycles. The van der Waals surface area contributed by atoms with Crippen LogP contribution in [0, 0.1) is 0 Å². The molecular formula is C7H9N3O2. The van der Waals surface area contributed by atoms with Crippen molar-refractivity contribution in [1.82, 2.24) is 10.1 Å². The smallest absolute Gasteiger partial charge is 0.276 e. The normalized spacial score (nSPS) is 17.6. The molecule has 1 aromatic rings. The largest absolute Gasteiger partial charge is 0.364 e. The van der Waals surface area contributed by atoms with Crippen molar-refractivity contribution in [2.75, 3.05) is 13.1 Å². The number of likely N-dealkylation sites (tertiary alicyclic amines) is 1. The Morgan fingerprint density at radius 1 is 1.75 bits per heavy atom. The fraction of sp³-hybridized carbons (Fsp3) is 0.429. The summed E-state index contributed by atoms with van der Waals surface area (Å²) in [6.45, 7) is 1.23. The standard InChI is InChI=1S/C7H9N3O2/c8-5-3-10(4-5)7(11)6-1-2-12-9-6/h1-2,5H,3-4,8H2. The van der Waals surface area contributed by atoms with E-state index in [0.717, 1.165) is 0 Å². The minimum atomic E-state index is -0.106. The van der Waals surface area contributed by atoms with Crippen molar-refractivity contribution in [3.8, 4) is 0 Å². The Kier molecular flexibility index (Phi) is 1.58. The van der Waals surface area contributed by atoms with Gasteiger partial charge in [0, 0.05) is 25.2 Å². The van der Waals surface area contributed by atoms with Crippen molar-refractivity contribution in [2.24, 2.45) is 5.73 Å². The topological polar surface area (TPSA) is 72.4 Å². The molecule has 0 radical (unpaired) electrons. The average Bonchev–Trinajstić information content (AvgIpc) is 2.49. The van der Waals surface area contributed by atoms with Gasteiger partial charge in [0.25, 0.3) is 5.91 Å². The highest BCUT2D eigenvalue weighted by Crippen LogP contribution is 2.09. The van der Waals surface area contributed by atoms with Crippen LogP contribution in [0.1, 0.15) is 10.5 Å². The summed E-state index contributed by atoms with van der Waals surface area (Å²) >= 11 is 0. The second kappa shape index (κ2) is 2.60. The third-order valence-electron chi connectivity index (χ3n) is 1.85. The minimum absolute atomic E-state index is 0.106. The van der Waals surface area contributed by atoms with Crippen LogP contribution in [0.5, 0.6) is 0 Å². The van der Waals surface area contributed by atoms with E-state index in [4.69, 9.17) is 5.73 Å². The number of nitrogens with zero attached hydrogens (tertiary/aromatic N) is 2. The summed E-state index contributed by atoms with van der Waals surface area (Å²) in [6.07, 6.45) is 1.38. The van der Waals surface area contributed by atoms with E-state index in [1.54, 1.807) is 11.0 Å². The number of nitrogens with two attached hydrogens (primary N) is 1. The van der Waals surface area contributed by atoms with Crippen molar-refractivity contribution >= 4 is 5.91 Å². The zero-order valence-corrected chi connectivity index (χ0v) is 6.43. The summed E-state index contributed by atoms with van der Waals surface area (Å²) in [5.41, 5.74) is 5.87. The van der Waals surface area contributed by atoms with Crippen LogP contribution in [0.25, 0.3) is 0 Å².